The summed E-state index contributed by atoms with van der Waals surface area (Å²) >= 11 is 0. The Bertz CT molecular complexity index is 334. The molecule has 1 heterocycles. The second-order valence-corrected chi connectivity index (χ2v) is 4.51. The van der Waals surface area contributed by atoms with Gasteiger partial charge in [0.15, 0.2) is 0 Å². The molecule has 0 aliphatic heterocycles. The van der Waals surface area contributed by atoms with E-state index in [1.807, 2.05) is 18.2 Å². The van der Waals surface area contributed by atoms with Crippen LogP contribution < -0.4 is 11.3 Å². The Morgan fingerprint density at radius 3 is 2.88 bits per heavy atom. The fourth-order valence-electron chi connectivity index (χ4n) is 2.38. The van der Waals surface area contributed by atoms with Gasteiger partial charge in [-0.2, -0.15) is 0 Å². The van der Waals surface area contributed by atoms with Gasteiger partial charge in [-0.25, -0.2) is 10.8 Å². The second-order valence-electron chi connectivity index (χ2n) is 4.51. The number of rotatable bonds is 4. The topological polar surface area (TPSA) is 54.2 Å². The van der Waals surface area contributed by atoms with Crippen molar-refractivity contribution in [2.45, 2.75) is 38.3 Å². The molecular formula is C12H20N4. The number of hydrogen-bond donors (Lipinski definition) is 2. The van der Waals surface area contributed by atoms with E-state index in [4.69, 9.17) is 5.84 Å². The molecule has 1 aliphatic carbocycles. The van der Waals surface area contributed by atoms with E-state index in [-0.39, 0.29) is 0 Å². The van der Waals surface area contributed by atoms with Crippen molar-refractivity contribution in [1.29, 1.82) is 0 Å². The van der Waals surface area contributed by atoms with Gasteiger partial charge in [0.25, 0.3) is 0 Å². The lowest BCUT2D eigenvalue weighted by molar-refractivity contribution is 0.235. The third kappa shape index (κ3) is 2.71. The van der Waals surface area contributed by atoms with E-state index in [1.165, 1.54) is 25.7 Å². The molecule has 0 amide bonds. The normalized spacial score (nSPS) is 16.9. The molecule has 1 saturated carbocycles. The summed E-state index contributed by atoms with van der Waals surface area (Å²) in [6.45, 7) is 0.903. The van der Waals surface area contributed by atoms with E-state index >= 15 is 0 Å². The van der Waals surface area contributed by atoms with Crippen molar-refractivity contribution < 1.29 is 0 Å². The first-order valence-corrected chi connectivity index (χ1v) is 5.92. The lowest BCUT2D eigenvalue weighted by atomic mass is 10.2. The molecular weight excluding hydrogens is 200 g/mol. The van der Waals surface area contributed by atoms with Gasteiger partial charge in [-0.15, -0.1) is 0 Å². The predicted molar refractivity (Wildman–Crippen MR) is 65.8 cm³/mol. The molecule has 1 fully saturated rings. The van der Waals surface area contributed by atoms with Crippen molar-refractivity contribution in [1.82, 2.24) is 9.88 Å². The summed E-state index contributed by atoms with van der Waals surface area (Å²) in [5, 5.41) is 0. The first kappa shape index (κ1) is 11.4. The smallest absolute Gasteiger partial charge is 0.140 e. The maximum atomic E-state index is 5.35. The molecule has 88 valence electrons. The van der Waals surface area contributed by atoms with Crippen LogP contribution in [-0.2, 0) is 6.54 Å². The molecule has 16 heavy (non-hydrogen) atoms. The molecule has 1 aromatic heterocycles. The van der Waals surface area contributed by atoms with Crippen molar-refractivity contribution in [3.63, 3.8) is 0 Å². The average Bonchev–Trinajstić information content (AvgIpc) is 2.83. The van der Waals surface area contributed by atoms with E-state index in [9.17, 15) is 0 Å². The van der Waals surface area contributed by atoms with Gasteiger partial charge < -0.3 is 5.43 Å². The van der Waals surface area contributed by atoms with Crippen LogP contribution in [0.25, 0.3) is 0 Å². The van der Waals surface area contributed by atoms with E-state index < -0.39 is 0 Å². The Hall–Kier alpha value is -1.13. The number of nitrogens with two attached hydrogens (primary N) is 1. The van der Waals surface area contributed by atoms with Crippen LogP contribution in [0, 0.1) is 0 Å². The molecule has 1 aliphatic rings. The Kier molecular flexibility index (Phi) is 3.74. The molecule has 0 bridgehead atoms. The second kappa shape index (κ2) is 5.27. The molecule has 4 heteroatoms. The van der Waals surface area contributed by atoms with Crippen LogP contribution in [0.1, 0.15) is 31.4 Å². The zero-order chi connectivity index (χ0) is 11.4. The number of nitrogens with zero attached hydrogens (tertiary/aromatic N) is 2. The zero-order valence-electron chi connectivity index (χ0n) is 9.82. The maximum absolute atomic E-state index is 5.35. The van der Waals surface area contributed by atoms with Crippen LogP contribution in [0.3, 0.4) is 0 Å². The number of aromatic nitrogens is 1. The quantitative estimate of drug-likeness (QED) is 0.599. The molecule has 2 rings (SSSR count). The van der Waals surface area contributed by atoms with Crippen LogP contribution >= 0.6 is 0 Å². The standard InChI is InChI=1S/C12H20N4/c1-16(11-6-2-3-7-11)9-10-5-4-8-12(14-10)15-13/h4-5,8,11H,2-3,6-7,9,13H2,1H3,(H,14,15). The summed E-state index contributed by atoms with van der Waals surface area (Å²) in [5.41, 5.74) is 3.65. The highest BCUT2D eigenvalue weighted by Crippen LogP contribution is 2.23. The van der Waals surface area contributed by atoms with Crippen molar-refractivity contribution >= 4 is 5.82 Å². The van der Waals surface area contributed by atoms with E-state index in [2.05, 4.69) is 22.4 Å². The van der Waals surface area contributed by atoms with Gasteiger partial charge in [0.2, 0.25) is 0 Å². The van der Waals surface area contributed by atoms with Gasteiger partial charge in [-0.05, 0) is 32.0 Å². The van der Waals surface area contributed by atoms with Crippen molar-refractivity contribution in [2.24, 2.45) is 5.84 Å². The van der Waals surface area contributed by atoms with Crippen molar-refractivity contribution in [3.05, 3.63) is 23.9 Å². The fourth-order valence-corrected chi connectivity index (χ4v) is 2.38. The lowest BCUT2D eigenvalue weighted by Crippen LogP contribution is -2.29. The van der Waals surface area contributed by atoms with Gasteiger partial charge in [0.05, 0.1) is 5.69 Å². The SMILES string of the molecule is CN(Cc1cccc(NN)n1)C1CCCC1. The molecule has 0 saturated heterocycles. The number of hydrogen-bond acceptors (Lipinski definition) is 4. The fraction of sp³-hybridized carbons (Fsp3) is 0.583. The maximum Gasteiger partial charge on any atom is 0.140 e. The van der Waals surface area contributed by atoms with Crippen LogP contribution in [0.2, 0.25) is 0 Å². The predicted octanol–water partition coefficient (Wildman–Crippen LogP) is 1.74. The number of nitrogens with one attached hydrogen (secondary N) is 1. The van der Waals surface area contributed by atoms with Gasteiger partial charge in [-0.3, -0.25) is 4.90 Å². The third-order valence-corrected chi connectivity index (χ3v) is 3.31. The minimum atomic E-state index is 0.733. The number of nitrogen functional groups attached to an aromatic ring is 1. The highest BCUT2D eigenvalue weighted by molar-refractivity contribution is 5.33. The van der Waals surface area contributed by atoms with Crippen LogP contribution in [0.5, 0.6) is 0 Å². The summed E-state index contributed by atoms with van der Waals surface area (Å²) in [6, 6.07) is 6.64. The number of pyridine rings is 1. The molecule has 0 radical (unpaired) electrons. The molecule has 0 unspecified atom stereocenters. The van der Waals surface area contributed by atoms with Crippen LogP contribution in [0.15, 0.2) is 18.2 Å². The highest BCUT2D eigenvalue weighted by atomic mass is 15.3. The third-order valence-electron chi connectivity index (χ3n) is 3.31. The van der Waals surface area contributed by atoms with Gasteiger partial charge >= 0.3 is 0 Å². The van der Waals surface area contributed by atoms with Crippen molar-refractivity contribution in [2.75, 3.05) is 12.5 Å². The summed E-state index contributed by atoms with van der Waals surface area (Å²) in [5.74, 6) is 6.08. The summed E-state index contributed by atoms with van der Waals surface area (Å²) in [4.78, 5) is 6.82. The van der Waals surface area contributed by atoms with Gasteiger partial charge in [0.1, 0.15) is 5.82 Å². The zero-order valence-corrected chi connectivity index (χ0v) is 9.82. The molecule has 1 aromatic rings. The Balaban J connectivity index is 1.96. The Morgan fingerprint density at radius 2 is 2.19 bits per heavy atom. The molecule has 0 atom stereocenters. The number of anilines is 1. The average molecular weight is 220 g/mol. The molecule has 0 aromatic carbocycles. The first-order chi connectivity index (χ1) is 7.79. The largest absolute Gasteiger partial charge is 0.308 e. The summed E-state index contributed by atoms with van der Waals surface area (Å²) < 4.78 is 0. The Morgan fingerprint density at radius 1 is 1.44 bits per heavy atom. The van der Waals surface area contributed by atoms with E-state index in [1.54, 1.807) is 0 Å². The lowest BCUT2D eigenvalue weighted by Gasteiger charge is -2.23. The van der Waals surface area contributed by atoms with E-state index in [0.717, 1.165) is 24.1 Å². The van der Waals surface area contributed by atoms with E-state index in [0.29, 0.717) is 0 Å². The Labute approximate surface area is 96.8 Å². The van der Waals surface area contributed by atoms with Gasteiger partial charge in [-0.1, -0.05) is 18.9 Å². The summed E-state index contributed by atoms with van der Waals surface area (Å²) in [6.07, 6.45) is 5.39. The number of hydrazine groups is 1. The highest BCUT2D eigenvalue weighted by Gasteiger charge is 2.19. The van der Waals surface area contributed by atoms with Gasteiger partial charge in [0, 0.05) is 12.6 Å². The summed E-state index contributed by atoms with van der Waals surface area (Å²) in [7, 11) is 2.18. The molecule has 3 N–H and O–H groups in total. The molecule has 4 nitrogen and oxygen atoms in total. The van der Waals surface area contributed by atoms with Crippen molar-refractivity contribution in [3.8, 4) is 0 Å². The first-order valence-electron chi connectivity index (χ1n) is 5.92. The monoisotopic (exact) mass is 220 g/mol. The molecule has 0 spiro atoms. The van der Waals surface area contributed by atoms with Crippen LogP contribution in [0.4, 0.5) is 5.82 Å². The van der Waals surface area contributed by atoms with Crippen LogP contribution in [-0.4, -0.2) is 23.0 Å². The minimum absolute atomic E-state index is 0.733. The minimum Gasteiger partial charge on any atom is -0.308 e.